The van der Waals surface area contributed by atoms with E-state index in [-0.39, 0.29) is 31.1 Å². The Morgan fingerprint density at radius 3 is 1.07 bits per heavy atom. The van der Waals surface area contributed by atoms with Crippen molar-refractivity contribution in [1.29, 1.82) is 0 Å². The summed E-state index contributed by atoms with van der Waals surface area (Å²) in [7, 11) is 0. The molecule has 0 radical (unpaired) electrons. The highest BCUT2D eigenvalue weighted by Gasteiger charge is 2.19. The summed E-state index contributed by atoms with van der Waals surface area (Å²) in [5.41, 5.74) is 0. The van der Waals surface area contributed by atoms with Crippen LogP contribution < -0.4 is 0 Å². The minimum atomic E-state index is -0.801. The van der Waals surface area contributed by atoms with E-state index < -0.39 is 6.10 Å². The quantitative estimate of drug-likeness (QED) is 0.0200. The maximum atomic E-state index is 12.8. The van der Waals surface area contributed by atoms with Crippen molar-refractivity contribution in [1.82, 2.24) is 0 Å². The Hall–Kier alpha value is -3.15. The molecule has 0 N–H and O–H groups in total. The summed E-state index contributed by atoms with van der Waals surface area (Å²) in [4.78, 5) is 37.9. The Morgan fingerprint density at radius 2 is 0.656 bits per heavy atom. The van der Waals surface area contributed by atoms with Gasteiger partial charge in [-0.05, 0) is 89.9 Å². The molecule has 0 amide bonds. The first-order valence-corrected chi connectivity index (χ1v) is 25.5. The predicted molar refractivity (Wildman–Crippen MR) is 261 cm³/mol. The molecule has 0 saturated carbocycles. The van der Waals surface area contributed by atoms with Crippen LogP contribution in [0.15, 0.2) is 72.9 Å². The van der Waals surface area contributed by atoms with Gasteiger partial charge in [0.2, 0.25) is 0 Å². The lowest BCUT2D eigenvalue weighted by atomic mass is 10.1. The van der Waals surface area contributed by atoms with Crippen LogP contribution in [0.4, 0.5) is 0 Å². The number of carbonyl (C=O) groups excluding carboxylic acids is 3. The van der Waals surface area contributed by atoms with Crippen LogP contribution >= 0.6 is 0 Å². The zero-order valence-electron chi connectivity index (χ0n) is 39.9. The second-order valence-corrected chi connectivity index (χ2v) is 16.8. The number of esters is 3. The zero-order valence-corrected chi connectivity index (χ0v) is 39.9. The monoisotopic (exact) mass is 851 g/mol. The topological polar surface area (TPSA) is 78.9 Å². The molecule has 0 fully saturated rings. The van der Waals surface area contributed by atoms with Crippen LogP contribution in [0.2, 0.25) is 0 Å². The summed E-state index contributed by atoms with van der Waals surface area (Å²) < 4.78 is 16.7. The third kappa shape index (κ3) is 47.7. The lowest BCUT2D eigenvalue weighted by molar-refractivity contribution is -0.167. The first-order valence-electron chi connectivity index (χ1n) is 25.5. The van der Waals surface area contributed by atoms with Crippen molar-refractivity contribution in [2.75, 3.05) is 13.2 Å². The molecular formula is C55H94O6. The zero-order chi connectivity index (χ0) is 44.4. The molecule has 0 aliphatic rings. The fourth-order valence-electron chi connectivity index (χ4n) is 6.90. The number of hydrogen-bond donors (Lipinski definition) is 0. The molecular weight excluding hydrogens is 757 g/mol. The molecule has 0 aromatic carbocycles. The minimum Gasteiger partial charge on any atom is -0.462 e. The molecule has 0 aliphatic carbocycles. The maximum Gasteiger partial charge on any atom is 0.306 e. The van der Waals surface area contributed by atoms with Gasteiger partial charge in [-0.3, -0.25) is 14.4 Å². The van der Waals surface area contributed by atoms with Crippen LogP contribution in [0.1, 0.15) is 239 Å². The van der Waals surface area contributed by atoms with Gasteiger partial charge in [0.05, 0.1) is 0 Å². The van der Waals surface area contributed by atoms with E-state index in [2.05, 4.69) is 93.7 Å². The summed E-state index contributed by atoms with van der Waals surface area (Å²) in [5, 5.41) is 0. The first-order chi connectivity index (χ1) is 30.0. The van der Waals surface area contributed by atoms with E-state index in [0.29, 0.717) is 19.3 Å². The fourth-order valence-corrected chi connectivity index (χ4v) is 6.90. The van der Waals surface area contributed by atoms with E-state index in [1.165, 1.54) is 89.9 Å². The highest BCUT2D eigenvalue weighted by Crippen LogP contribution is 2.13. The molecule has 0 aromatic rings. The summed E-state index contributed by atoms with van der Waals surface area (Å²) >= 11 is 0. The van der Waals surface area contributed by atoms with Crippen LogP contribution in [-0.4, -0.2) is 37.2 Å². The van der Waals surface area contributed by atoms with Crippen LogP contribution in [0.25, 0.3) is 0 Å². The van der Waals surface area contributed by atoms with Gasteiger partial charge >= 0.3 is 17.9 Å². The van der Waals surface area contributed by atoms with E-state index in [1.54, 1.807) is 0 Å². The third-order valence-corrected chi connectivity index (χ3v) is 10.8. The standard InChI is InChI=1S/C55H94O6/c1-4-7-10-13-16-19-22-25-27-28-31-33-36-39-42-45-48-54(57)60-51-52(50-59-53(56)47-44-41-38-35-32-29-24-21-18-15-12-9-6-3)61-55(58)49-46-43-40-37-34-30-26-23-20-17-14-11-8-5-2/h9,12,15,18,21,24,27-28,30-31,33-34,52H,4-8,10-11,13-14,16-17,19-20,22-23,25-26,29,32,35-51H2,1-3H3/b12-9+,18-15+,24-21+,28-27+,33-31+,34-30+. The number of carbonyl (C=O) groups is 3. The Labute approximate surface area is 376 Å². The SMILES string of the molecule is CC/C=C/C=C/C=C/CCCCCCCC(=O)OCC(COC(=O)CCCCC/C=C/C=C/CCCCCCCCC)OC(=O)CCCCC/C=C/CCCCCCCCC. The lowest BCUT2D eigenvalue weighted by Gasteiger charge is -2.18. The smallest absolute Gasteiger partial charge is 0.306 e. The van der Waals surface area contributed by atoms with Crippen molar-refractivity contribution in [3.05, 3.63) is 72.9 Å². The van der Waals surface area contributed by atoms with Gasteiger partial charge in [-0.1, -0.05) is 203 Å². The number of unbranched alkanes of at least 4 members (excludes halogenated alkanes) is 25. The molecule has 6 nitrogen and oxygen atoms in total. The normalized spacial score (nSPS) is 12.6. The summed E-state index contributed by atoms with van der Waals surface area (Å²) in [5.74, 6) is -0.962. The molecule has 6 heteroatoms. The lowest BCUT2D eigenvalue weighted by Crippen LogP contribution is -2.30. The van der Waals surface area contributed by atoms with Gasteiger partial charge in [-0.15, -0.1) is 0 Å². The molecule has 0 heterocycles. The van der Waals surface area contributed by atoms with Gasteiger partial charge in [-0.25, -0.2) is 0 Å². The summed E-state index contributed by atoms with van der Waals surface area (Å²) in [6, 6.07) is 0. The number of ether oxygens (including phenoxy) is 3. The van der Waals surface area contributed by atoms with E-state index in [0.717, 1.165) is 109 Å². The predicted octanol–water partition coefficient (Wildman–Crippen LogP) is 16.6. The summed E-state index contributed by atoms with van der Waals surface area (Å²) in [6.45, 7) is 6.44. The minimum absolute atomic E-state index is 0.101. The van der Waals surface area contributed by atoms with E-state index in [4.69, 9.17) is 14.2 Å². The molecule has 0 aromatic heterocycles. The second-order valence-electron chi connectivity index (χ2n) is 16.8. The van der Waals surface area contributed by atoms with Crippen molar-refractivity contribution in [2.45, 2.75) is 245 Å². The molecule has 0 rings (SSSR count). The van der Waals surface area contributed by atoms with E-state index >= 15 is 0 Å². The molecule has 0 bridgehead atoms. The molecule has 0 spiro atoms. The van der Waals surface area contributed by atoms with Gasteiger partial charge in [0.25, 0.3) is 0 Å². The Bertz CT molecular complexity index is 1160. The molecule has 61 heavy (non-hydrogen) atoms. The van der Waals surface area contributed by atoms with Crippen LogP contribution in [0.3, 0.4) is 0 Å². The van der Waals surface area contributed by atoms with Gasteiger partial charge in [0, 0.05) is 19.3 Å². The third-order valence-electron chi connectivity index (χ3n) is 10.8. The largest absolute Gasteiger partial charge is 0.462 e. The average molecular weight is 851 g/mol. The molecule has 1 atom stereocenters. The Morgan fingerprint density at radius 1 is 0.344 bits per heavy atom. The highest BCUT2D eigenvalue weighted by atomic mass is 16.6. The molecule has 1 unspecified atom stereocenters. The first kappa shape index (κ1) is 57.9. The molecule has 0 aliphatic heterocycles. The average Bonchev–Trinajstić information content (AvgIpc) is 3.26. The molecule has 350 valence electrons. The summed E-state index contributed by atoms with van der Waals surface area (Å²) in [6.07, 6.45) is 61.7. The number of allylic oxidation sites excluding steroid dienone is 12. The van der Waals surface area contributed by atoms with Gasteiger partial charge in [0.1, 0.15) is 13.2 Å². The van der Waals surface area contributed by atoms with Crippen molar-refractivity contribution in [2.24, 2.45) is 0 Å². The van der Waals surface area contributed by atoms with Crippen molar-refractivity contribution in [3.63, 3.8) is 0 Å². The van der Waals surface area contributed by atoms with Crippen molar-refractivity contribution in [3.8, 4) is 0 Å². The Kier molecular flexibility index (Phi) is 46.9. The van der Waals surface area contributed by atoms with E-state index in [9.17, 15) is 14.4 Å². The van der Waals surface area contributed by atoms with Crippen molar-refractivity contribution < 1.29 is 28.6 Å². The van der Waals surface area contributed by atoms with Gasteiger partial charge in [0.15, 0.2) is 6.10 Å². The number of rotatable bonds is 45. The van der Waals surface area contributed by atoms with Gasteiger partial charge < -0.3 is 14.2 Å². The van der Waals surface area contributed by atoms with Gasteiger partial charge in [-0.2, -0.15) is 0 Å². The van der Waals surface area contributed by atoms with Crippen LogP contribution in [0, 0.1) is 0 Å². The van der Waals surface area contributed by atoms with E-state index in [1.807, 2.05) is 0 Å². The maximum absolute atomic E-state index is 12.8. The fraction of sp³-hybridized carbons (Fsp3) is 0.727. The van der Waals surface area contributed by atoms with Crippen LogP contribution in [0.5, 0.6) is 0 Å². The number of hydrogen-bond acceptors (Lipinski definition) is 6. The molecule has 0 saturated heterocycles. The Balaban J connectivity index is 4.47. The second kappa shape index (κ2) is 49.5. The van der Waals surface area contributed by atoms with Crippen LogP contribution in [-0.2, 0) is 28.6 Å². The highest BCUT2D eigenvalue weighted by molar-refractivity contribution is 5.71. The van der Waals surface area contributed by atoms with Crippen molar-refractivity contribution >= 4 is 17.9 Å².